The summed E-state index contributed by atoms with van der Waals surface area (Å²) in [4.78, 5) is 12.0. The maximum Gasteiger partial charge on any atom is 0.408 e. The lowest BCUT2D eigenvalue weighted by Crippen LogP contribution is -2.41. The number of benzene rings is 1. The SMILES string of the molecule is Cc1cc(C2OC(C)(C)C(C)(C)O2)ccc1C(C)NC(=O)OC(C)(C)C. The molecule has 1 aliphatic rings. The molecule has 0 radical (unpaired) electrons. The third-order valence-corrected chi connectivity index (χ3v) is 5.02. The third kappa shape index (κ3) is 4.57. The van der Waals surface area contributed by atoms with Gasteiger partial charge in [0, 0.05) is 5.56 Å². The first-order chi connectivity index (χ1) is 11.7. The summed E-state index contributed by atoms with van der Waals surface area (Å²) in [6.07, 6.45) is -0.804. The van der Waals surface area contributed by atoms with Crippen LogP contribution in [0.4, 0.5) is 4.79 Å². The molecule has 1 saturated heterocycles. The minimum Gasteiger partial charge on any atom is -0.444 e. The second-order valence-corrected chi connectivity index (χ2v) is 9.07. The van der Waals surface area contributed by atoms with Gasteiger partial charge in [0.2, 0.25) is 0 Å². The summed E-state index contributed by atoms with van der Waals surface area (Å²) in [5.74, 6) is 0. The lowest BCUT2D eigenvalue weighted by atomic mass is 9.90. The standard InChI is InChI=1S/C21H33NO4/c1-13-12-15(17-24-20(6,7)21(8,9)25-17)10-11-16(13)14(2)22-18(23)26-19(3,4)5/h10-12,14,17H,1-9H3,(H,22,23). The molecule has 1 aromatic rings. The fourth-order valence-electron chi connectivity index (χ4n) is 2.87. The average molecular weight is 363 g/mol. The zero-order valence-corrected chi connectivity index (χ0v) is 17.5. The largest absolute Gasteiger partial charge is 0.444 e. The van der Waals surface area contributed by atoms with E-state index in [1.165, 1.54) is 0 Å². The van der Waals surface area contributed by atoms with Gasteiger partial charge in [-0.1, -0.05) is 18.2 Å². The Kier molecular flexibility index (Phi) is 5.46. The number of aryl methyl sites for hydroxylation is 1. The molecule has 0 saturated carbocycles. The molecule has 5 nitrogen and oxygen atoms in total. The first-order valence-corrected chi connectivity index (χ1v) is 9.17. The molecular weight excluding hydrogens is 330 g/mol. The van der Waals surface area contributed by atoms with E-state index in [1.54, 1.807) is 0 Å². The molecule has 1 heterocycles. The summed E-state index contributed by atoms with van der Waals surface area (Å²) in [6, 6.07) is 5.91. The average Bonchev–Trinajstić information content (AvgIpc) is 2.64. The van der Waals surface area contributed by atoms with Crippen LogP contribution < -0.4 is 5.32 Å². The lowest BCUT2D eigenvalue weighted by molar-refractivity contribution is -0.0896. The van der Waals surface area contributed by atoms with E-state index in [2.05, 4.69) is 11.4 Å². The highest BCUT2D eigenvalue weighted by Gasteiger charge is 2.49. The normalized spacial score (nSPS) is 20.7. The van der Waals surface area contributed by atoms with Crippen molar-refractivity contribution in [2.24, 2.45) is 0 Å². The van der Waals surface area contributed by atoms with Gasteiger partial charge in [0.1, 0.15) is 5.60 Å². The summed E-state index contributed by atoms with van der Waals surface area (Å²) in [5.41, 5.74) is 1.84. The molecule has 146 valence electrons. The third-order valence-electron chi connectivity index (χ3n) is 5.02. The number of hydrogen-bond acceptors (Lipinski definition) is 4. The Hall–Kier alpha value is -1.59. The van der Waals surface area contributed by atoms with Gasteiger partial charge in [0.15, 0.2) is 6.29 Å². The topological polar surface area (TPSA) is 56.8 Å². The van der Waals surface area contributed by atoms with Crippen LogP contribution in [0.2, 0.25) is 0 Å². The monoisotopic (exact) mass is 363 g/mol. The number of hydrogen-bond donors (Lipinski definition) is 1. The summed E-state index contributed by atoms with van der Waals surface area (Å²) >= 11 is 0. The highest BCUT2D eigenvalue weighted by molar-refractivity contribution is 5.68. The van der Waals surface area contributed by atoms with Gasteiger partial charge in [-0.05, 0) is 73.4 Å². The van der Waals surface area contributed by atoms with E-state index >= 15 is 0 Å². The molecule has 1 N–H and O–H groups in total. The Morgan fingerprint density at radius 2 is 1.69 bits per heavy atom. The highest BCUT2D eigenvalue weighted by Crippen LogP contribution is 2.45. The number of ether oxygens (including phenoxy) is 3. The molecular formula is C21H33NO4. The van der Waals surface area contributed by atoms with Crippen molar-refractivity contribution in [2.45, 2.75) is 91.4 Å². The number of alkyl carbamates (subject to hydrolysis) is 1. The molecule has 26 heavy (non-hydrogen) atoms. The van der Waals surface area contributed by atoms with Crippen molar-refractivity contribution in [1.82, 2.24) is 5.32 Å². The van der Waals surface area contributed by atoms with Crippen molar-refractivity contribution in [1.29, 1.82) is 0 Å². The van der Waals surface area contributed by atoms with Gasteiger partial charge >= 0.3 is 6.09 Å². The van der Waals surface area contributed by atoms with Crippen LogP contribution in [-0.2, 0) is 14.2 Å². The molecule has 1 atom stereocenters. The Labute approximate surface area is 157 Å². The summed E-state index contributed by atoms with van der Waals surface area (Å²) in [7, 11) is 0. The van der Waals surface area contributed by atoms with E-state index in [1.807, 2.05) is 74.4 Å². The molecule has 0 bridgehead atoms. The van der Waals surface area contributed by atoms with Gasteiger partial charge in [-0.15, -0.1) is 0 Å². The molecule has 1 amide bonds. The highest BCUT2D eigenvalue weighted by atomic mass is 16.7. The van der Waals surface area contributed by atoms with E-state index in [0.717, 1.165) is 16.7 Å². The first-order valence-electron chi connectivity index (χ1n) is 9.17. The van der Waals surface area contributed by atoms with Gasteiger partial charge in [0.05, 0.1) is 17.2 Å². The Balaban J connectivity index is 2.11. The van der Waals surface area contributed by atoms with Crippen LogP contribution in [0, 0.1) is 6.92 Å². The van der Waals surface area contributed by atoms with Crippen LogP contribution in [0.5, 0.6) is 0 Å². The van der Waals surface area contributed by atoms with Crippen molar-refractivity contribution in [3.05, 3.63) is 34.9 Å². The maximum absolute atomic E-state index is 12.0. The van der Waals surface area contributed by atoms with E-state index in [-0.39, 0.29) is 23.5 Å². The van der Waals surface area contributed by atoms with Crippen LogP contribution >= 0.6 is 0 Å². The molecule has 2 rings (SSSR count). The lowest BCUT2D eigenvalue weighted by Gasteiger charge is -2.30. The number of carbonyl (C=O) groups excluding carboxylic acids is 1. The summed E-state index contributed by atoms with van der Waals surface area (Å²) < 4.78 is 17.6. The predicted octanol–water partition coefficient (Wildman–Crippen LogP) is 5.18. The van der Waals surface area contributed by atoms with E-state index in [4.69, 9.17) is 14.2 Å². The molecule has 0 aliphatic carbocycles. The van der Waals surface area contributed by atoms with Crippen molar-refractivity contribution >= 4 is 6.09 Å². The fraction of sp³-hybridized carbons (Fsp3) is 0.667. The van der Waals surface area contributed by atoms with Crippen LogP contribution in [0.25, 0.3) is 0 Å². The van der Waals surface area contributed by atoms with Crippen molar-refractivity contribution < 1.29 is 19.0 Å². The molecule has 1 aromatic carbocycles. The Bertz CT molecular complexity index is 657. The first kappa shape index (κ1) is 20.7. The van der Waals surface area contributed by atoms with Gasteiger partial charge in [-0.25, -0.2) is 4.79 Å². The van der Waals surface area contributed by atoms with Gasteiger partial charge < -0.3 is 19.5 Å². The number of nitrogens with one attached hydrogen (secondary N) is 1. The molecule has 1 fully saturated rings. The minimum atomic E-state index is -0.514. The molecule has 0 aromatic heterocycles. The molecule has 1 aliphatic heterocycles. The van der Waals surface area contributed by atoms with E-state index in [9.17, 15) is 4.79 Å². The quantitative estimate of drug-likeness (QED) is 0.803. The molecule has 1 unspecified atom stereocenters. The van der Waals surface area contributed by atoms with Crippen LogP contribution in [0.3, 0.4) is 0 Å². The van der Waals surface area contributed by atoms with Crippen LogP contribution in [0.1, 0.15) is 84.4 Å². The number of amides is 1. The van der Waals surface area contributed by atoms with Crippen LogP contribution in [0.15, 0.2) is 18.2 Å². The van der Waals surface area contributed by atoms with Crippen molar-refractivity contribution in [3.63, 3.8) is 0 Å². The summed E-state index contributed by atoms with van der Waals surface area (Å²) in [6.45, 7) is 17.7. The van der Waals surface area contributed by atoms with Crippen molar-refractivity contribution in [3.8, 4) is 0 Å². The second-order valence-electron chi connectivity index (χ2n) is 9.07. The van der Waals surface area contributed by atoms with Gasteiger partial charge in [-0.2, -0.15) is 0 Å². The molecule has 0 spiro atoms. The van der Waals surface area contributed by atoms with E-state index < -0.39 is 11.7 Å². The smallest absolute Gasteiger partial charge is 0.408 e. The predicted molar refractivity (Wildman–Crippen MR) is 102 cm³/mol. The minimum absolute atomic E-state index is 0.155. The second kappa shape index (κ2) is 6.86. The van der Waals surface area contributed by atoms with Crippen LogP contribution in [-0.4, -0.2) is 22.9 Å². The van der Waals surface area contributed by atoms with Crippen molar-refractivity contribution in [2.75, 3.05) is 0 Å². The zero-order chi connectivity index (χ0) is 19.9. The van der Waals surface area contributed by atoms with Gasteiger partial charge in [-0.3, -0.25) is 0 Å². The Morgan fingerprint density at radius 1 is 1.15 bits per heavy atom. The maximum atomic E-state index is 12.0. The number of rotatable bonds is 3. The fourth-order valence-corrected chi connectivity index (χ4v) is 2.87. The van der Waals surface area contributed by atoms with E-state index in [0.29, 0.717) is 0 Å². The Morgan fingerprint density at radius 3 is 2.15 bits per heavy atom. The number of carbonyl (C=O) groups is 1. The van der Waals surface area contributed by atoms with Gasteiger partial charge in [0.25, 0.3) is 0 Å². The summed E-state index contributed by atoms with van der Waals surface area (Å²) in [5, 5.41) is 2.89. The molecule has 5 heteroatoms. The zero-order valence-electron chi connectivity index (χ0n) is 17.5.